The number of thiophene rings is 1. The van der Waals surface area contributed by atoms with Gasteiger partial charge < -0.3 is 0 Å². The number of rotatable bonds is 3. The monoisotopic (exact) mass is 375 g/mol. The molecule has 0 N–H and O–H groups in total. The van der Waals surface area contributed by atoms with E-state index in [4.69, 9.17) is 4.98 Å². The molecule has 2 heterocycles. The summed E-state index contributed by atoms with van der Waals surface area (Å²) in [6, 6.07) is 17.9. The van der Waals surface area contributed by atoms with E-state index in [1.54, 1.807) is 5.19 Å². The Kier molecular flexibility index (Phi) is 4.24. The van der Waals surface area contributed by atoms with Crippen LogP contribution in [0.25, 0.3) is 31.4 Å². The standard InChI is InChI=1S/C23H25NSSi/c1-15(2)16-12-13-20(24-14-16)19-10-6-8-17-18-9-7-11-21(26(3,4)5)23(18)25-22(17)19/h6-15H,1-5H3. The van der Waals surface area contributed by atoms with Gasteiger partial charge in [-0.3, -0.25) is 4.98 Å². The average Bonchev–Trinajstić information content (AvgIpc) is 2.99. The summed E-state index contributed by atoms with van der Waals surface area (Å²) >= 11 is 1.94. The lowest BCUT2D eigenvalue weighted by atomic mass is 10.0. The predicted molar refractivity (Wildman–Crippen MR) is 120 cm³/mol. The second-order valence-corrected chi connectivity index (χ2v) is 14.4. The van der Waals surface area contributed by atoms with Gasteiger partial charge in [0.1, 0.15) is 0 Å². The molecule has 0 atom stereocenters. The third kappa shape index (κ3) is 2.89. The zero-order valence-electron chi connectivity index (χ0n) is 16.1. The maximum Gasteiger partial charge on any atom is 0.0794 e. The van der Waals surface area contributed by atoms with Gasteiger partial charge in [0.15, 0.2) is 0 Å². The number of nitrogens with zero attached hydrogens (tertiary/aromatic N) is 1. The van der Waals surface area contributed by atoms with E-state index in [0.29, 0.717) is 5.92 Å². The molecule has 0 aliphatic rings. The quantitative estimate of drug-likeness (QED) is 0.359. The van der Waals surface area contributed by atoms with Crippen LogP contribution in [0.4, 0.5) is 0 Å². The zero-order valence-corrected chi connectivity index (χ0v) is 17.9. The van der Waals surface area contributed by atoms with Gasteiger partial charge in [0.05, 0.1) is 13.8 Å². The topological polar surface area (TPSA) is 12.9 Å². The molecule has 132 valence electrons. The third-order valence-electron chi connectivity index (χ3n) is 5.06. The van der Waals surface area contributed by atoms with Crippen molar-refractivity contribution in [1.82, 2.24) is 4.98 Å². The van der Waals surface area contributed by atoms with Crippen molar-refractivity contribution in [2.24, 2.45) is 0 Å². The highest BCUT2D eigenvalue weighted by Gasteiger charge is 2.21. The third-order valence-corrected chi connectivity index (χ3v) is 8.56. The van der Waals surface area contributed by atoms with E-state index in [1.807, 2.05) is 17.5 Å². The summed E-state index contributed by atoms with van der Waals surface area (Å²) in [5.74, 6) is 0.510. The minimum Gasteiger partial charge on any atom is -0.256 e. The summed E-state index contributed by atoms with van der Waals surface area (Å²) in [6.07, 6.45) is 2.03. The van der Waals surface area contributed by atoms with Crippen LogP contribution in [-0.2, 0) is 0 Å². The Labute approximate surface area is 160 Å². The molecule has 0 aliphatic heterocycles. The van der Waals surface area contributed by atoms with E-state index in [-0.39, 0.29) is 0 Å². The summed E-state index contributed by atoms with van der Waals surface area (Å²) in [5.41, 5.74) is 3.61. The lowest BCUT2D eigenvalue weighted by Crippen LogP contribution is -2.37. The summed E-state index contributed by atoms with van der Waals surface area (Å²) in [4.78, 5) is 4.78. The van der Waals surface area contributed by atoms with Gasteiger partial charge in [0, 0.05) is 31.9 Å². The molecule has 2 aromatic carbocycles. The van der Waals surface area contributed by atoms with E-state index in [9.17, 15) is 0 Å². The summed E-state index contributed by atoms with van der Waals surface area (Å²) in [6.45, 7) is 11.7. The van der Waals surface area contributed by atoms with Gasteiger partial charge in [0.2, 0.25) is 0 Å². The Balaban J connectivity index is 1.97. The maximum absolute atomic E-state index is 4.78. The summed E-state index contributed by atoms with van der Waals surface area (Å²) in [5, 5.41) is 4.31. The number of benzene rings is 2. The van der Waals surface area contributed by atoms with E-state index in [2.05, 4.69) is 82.0 Å². The van der Waals surface area contributed by atoms with Crippen LogP contribution in [0.15, 0.2) is 54.7 Å². The predicted octanol–water partition coefficient (Wildman–Crippen LogP) is 6.79. The highest BCUT2D eigenvalue weighted by molar-refractivity contribution is 7.28. The molecule has 0 unspecified atom stereocenters. The molecule has 0 saturated carbocycles. The first-order chi connectivity index (χ1) is 12.4. The van der Waals surface area contributed by atoms with Gasteiger partial charge in [-0.25, -0.2) is 0 Å². The highest BCUT2D eigenvalue weighted by atomic mass is 32.1. The fraction of sp³-hybridized carbons (Fsp3) is 0.261. The molecule has 2 aromatic heterocycles. The van der Waals surface area contributed by atoms with Crippen LogP contribution in [0.3, 0.4) is 0 Å². The minimum atomic E-state index is -1.38. The maximum atomic E-state index is 4.78. The molecule has 0 fully saturated rings. The van der Waals surface area contributed by atoms with Crippen molar-refractivity contribution in [2.45, 2.75) is 39.4 Å². The molecule has 0 bridgehead atoms. The van der Waals surface area contributed by atoms with Crippen molar-refractivity contribution in [2.75, 3.05) is 0 Å². The van der Waals surface area contributed by atoms with Gasteiger partial charge in [-0.05, 0) is 22.7 Å². The molecule has 26 heavy (non-hydrogen) atoms. The first-order valence-corrected chi connectivity index (χ1v) is 13.6. The molecule has 0 spiro atoms. The second kappa shape index (κ2) is 6.33. The number of hydrogen-bond donors (Lipinski definition) is 0. The van der Waals surface area contributed by atoms with Gasteiger partial charge in [-0.2, -0.15) is 0 Å². The summed E-state index contributed by atoms with van der Waals surface area (Å²) < 4.78 is 2.82. The van der Waals surface area contributed by atoms with Crippen molar-refractivity contribution in [1.29, 1.82) is 0 Å². The highest BCUT2D eigenvalue weighted by Crippen LogP contribution is 2.39. The van der Waals surface area contributed by atoms with Crippen LogP contribution < -0.4 is 5.19 Å². The van der Waals surface area contributed by atoms with Crippen LogP contribution in [0.2, 0.25) is 19.6 Å². The SMILES string of the molecule is CC(C)c1ccc(-c2cccc3c2sc2c([Si](C)(C)C)cccc23)nc1. The average molecular weight is 376 g/mol. The Hall–Kier alpha value is -1.97. The molecule has 0 saturated heterocycles. The van der Waals surface area contributed by atoms with E-state index in [0.717, 1.165) is 5.69 Å². The molecule has 0 radical (unpaired) electrons. The molecule has 4 rings (SSSR count). The Morgan fingerprint density at radius 2 is 1.54 bits per heavy atom. The lowest BCUT2D eigenvalue weighted by Gasteiger charge is -2.17. The molecule has 0 amide bonds. The van der Waals surface area contributed by atoms with Crippen LogP contribution in [0, 0.1) is 0 Å². The van der Waals surface area contributed by atoms with Crippen molar-refractivity contribution in [3.8, 4) is 11.3 Å². The van der Waals surface area contributed by atoms with Crippen LogP contribution >= 0.6 is 11.3 Å². The van der Waals surface area contributed by atoms with E-state index < -0.39 is 8.07 Å². The van der Waals surface area contributed by atoms with Crippen molar-refractivity contribution < 1.29 is 0 Å². The first-order valence-electron chi connectivity index (χ1n) is 9.27. The van der Waals surface area contributed by atoms with Crippen LogP contribution in [-0.4, -0.2) is 13.1 Å². The van der Waals surface area contributed by atoms with Crippen molar-refractivity contribution >= 4 is 44.8 Å². The number of fused-ring (bicyclic) bond motifs is 3. The van der Waals surface area contributed by atoms with E-state index >= 15 is 0 Å². The Bertz CT molecular complexity index is 1090. The number of aromatic nitrogens is 1. The van der Waals surface area contributed by atoms with Gasteiger partial charge >= 0.3 is 0 Å². The summed E-state index contributed by atoms with van der Waals surface area (Å²) in [7, 11) is -1.38. The molecule has 4 aromatic rings. The first kappa shape index (κ1) is 17.4. The Morgan fingerprint density at radius 1 is 0.846 bits per heavy atom. The number of hydrogen-bond acceptors (Lipinski definition) is 2. The minimum absolute atomic E-state index is 0.510. The van der Waals surface area contributed by atoms with Gasteiger partial charge in [-0.15, -0.1) is 11.3 Å². The fourth-order valence-corrected chi connectivity index (χ4v) is 7.24. The van der Waals surface area contributed by atoms with Gasteiger partial charge in [-0.1, -0.05) is 76.0 Å². The van der Waals surface area contributed by atoms with Crippen LogP contribution in [0.1, 0.15) is 25.3 Å². The molecular weight excluding hydrogens is 350 g/mol. The smallest absolute Gasteiger partial charge is 0.0794 e. The fourth-order valence-electron chi connectivity index (χ4n) is 3.52. The van der Waals surface area contributed by atoms with Gasteiger partial charge in [0.25, 0.3) is 0 Å². The van der Waals surface area contributed by atoms with Crippen molar-refractivity contribution in [3.63, 3.8) is 0 Å². The zero-order chi connectivity index (χ0) is 18.5. The normalized spacial score (nSPS) is 12.4. The lowest BCUT2D eigenvalue weighted by molar-refractivity contribution is 0.859. The molecule has 3 heteroatoms. The molecule has 1 nitrogen and oxygen atoms in total. The molecule has 0 aliphatic carbocycles. The second-order valence-electron chi connectivity index (χ2n) is 8.35. The number of pyridine rings is 1. The Morgan fingerprint density at radius 3 is 2.15 bits per heavy atom. The van der Waals surface area contributed by atoms with E-state index in [1.165, 1.54) is 31.3 Å². The molecular formula is C23H25NSSi. The van der Waals surface area contributed by atoms with Crippen molar-refractivity contribution in [3.05, 3.63) is 60.3 Å². The largest absolute Gasteiger partial charge is 0.256 e. The van der Waals surface area contributed by atoms with Crippen LogP contribution in [0.5, 0.6) is 0 Å².